The quantitative estimate of drug-likeness (QED) is 0.623. The van der Waals surface area contributed by atoms with Crippen LogP contribution in [0.2, 0.25) is 0 Å². The molecular formula is C14H10BF5O. The standard InChI is InChI=1S/C14H10BF5O/c1-6-8(3-7(16)4-9(6)17)15-12-10(18)5-11(19)14(21-2)13(12)20/h3-5,15H,1-2H3. The highest BCUT2D eigenvalue weighted by atomic mass is 19.2. The maximum atomic E-state index is 14.0. The van der Waals surface area contributed by atoms with Gasteiger partial charge in [0.2, 0.25) is 7.28 Å². The Kier molecular flexibility index (Phi) is 4.20. The Morgan fingerprint density at radius 1 is 0.905 bits per heavy atom. The Balaban J connectivity index is 2.55. The summed E-state index contributed by atoms with van der Waals surface area (Å²) in [6.07, 6.45) is 0. The van der Waals surface area contributed by atoms with Crippen LogP contribution in [-0.2, 0) is 0 Å². The van der Waals surface area contributed by atoms with Gasteiger partial charge in [-0.15, -0.1) is 0 Å². The van der Waals surface area contributed by atoms with Crippen molar-refractivity contribution < 1.29 is 26.7 Å². The van der Waals surface area contributed by atoms with Crippen LogP contribution in [0.4, 0.5) is 22.0 Å². The minimum absolute atomic E-state index is 0.0680. The molecule has 21 heavy (non-hydrogen) atoms. The second kappa shape index (κ2) is 5.75. The number of hydrogen-bond donors (Lipinski definition) is 0. The van der Waals surface area contributed by atoms with Gasteiger partial charge in [-0.3, -0.25) is 0 Å². The molecule has 0 heterocycles. The van der Waals surface area contributed by atoms with Gasteiger partial charge < -0.3 is 4.74 Å². The lowest BCUT2D eigenvalue weighted by molar-refractivity contribution is 0.358. The predicted octanol–water partition coefficient (Wildman–Crippen LogP) is 2.09. The van der Waals surface area contributed by atoms with Crippen LogP contribution in [0.25, 0.3) is 0 Å². The normalized spacial score (nSPS) is 10.6. The molecule has 110 valence electrons. The van der Waals surface area contributed by atoms with Crippen LogP contribution in [-0.4, -0.2) is 14.4 Å². The molecule has 0 saturated carbocycles. The topological polar surface area (TPSA) is 9.23 Å². The van der Waals surface area contributed by atoms with E-state index in [4.69, 9.17) is 0 Å². The van der Waals surface area contributed by atoms with E-state index in [1.54, 1.807) is 0 Å². The first-order valence-electron chi connectivity index (χ1n) is 6.00. The van der Waals surface area contributed by atoms with E-state index in [0.717, 1.165) is 13.2 Å². The van der Waals surface area contributed by atoms with E-state index < -0.39 is 47.6 Å². The van der Waals surface area contributed by atoms with E-state index in [-0.39, 0.29) is 11.0 Å². The first kappa shape index (κ1) is 15.3. The fourth-order valence-electron chi connectivity index (χ4n) is 2.03. The van der Waals surface area contributed by atoms with E-state index in [9.17, 15) is 22.0 Å². The van der Waals surface area contributed by atoms with E-state index in [1.165, 1.54) is 6.92 Å². The van der Waals surface area contributed by atoms with Gasteiger partial charge in [-0.25, -0.2) is 22.0 Å². The number of hydrogen-bond acceptors (Lipinski definition) is 1. The van der Waals surface area contributed by atoms with Crippen LogP contribution in [0, 0.1) is 36.0 Å². The molecule has 2 aromatic rings. The first-order valence-corrected chi connectivity index (χ1v) is 6.00. The van der Waals surface area contributed by atoms with Gasteiger partial charge >= 0.3 is 0 Å². The largest absolute Gasteiger partial charge is 0.491 e. The molecule has 1 nitrogen and oxygen atoms in total. The van der Waals surface area contributed by atoms with E-state index in [1.807, 2.05) is 0 Å². The maximum Gasteiger partial charge on any atom is 0.200 e. The Hall–Kier alpha value is -2.05. The zero-order chi connectivity index (χ0) is 15.7. The highest BCUT2D eigenvalue weighted by molar-refractivity contribution is 6.68. The molecule has 0 aliphatic rings. The molecule has 7 heteroatoms. The second-order valence-electron chi connectivity index (χ2n) is 4.51. The number of benzene rings is 2. The molecule has 0 fully saturated rings. The summed E-state index contributed by atoms with van der Waals surface area (Å²) in [6, 6.07) is 2.13. The van der Waals surface area contributed by atoms with Crippen molar-refractivity contribution in [3.63, 3.8) is 0 Å². The monoisotopic (exact) mass is 300 g/mol. The Morgan fingerprint density at radius 3 is 2.19 bits per heavy atom. The summed E-state index contributed by atoms with van der Waals surface area (Å²) in [5, 5.41) is 0. The minimum atomic E-state index is -1.22. The highest BCUT2D eigenvalue weighted by Crippen LogP contribution is 2.20. The highest BCUT2D eigenvalue weighted by Gasteiger charge is 2.21. The van der Waals surface area contributed by atoms with Gasteiger partial charge in [0.15, 0.2) is 17.4 Å². The van der Waals surface area contributed by atoms with Crippen LogP contribution >= 0.6 is 0 Å². The zero-order valence-corrected chi connectivity index (χ0v) is 11.2. The van der Waals surface area contributed by atoms with E-state index >= 15 is 0 Å². The van der Waals surface area contributed by atoms with Gasteiger partial charge in [0.25, 0.3) is 0 Å². The molecule has 0 unspecified atom stereocenters. The summed E-state index contributed by atoms with van der Waals surface area (Å²) in [7, 11) is 0.616. The van der Waals surface area contributed by atoms with Crippen molar-refractivity contribution in [2.75, 3.05) is 7.11 Å². The van der Waals surface area contributed by atoms with E-state index in [0.29, 0.717) is 12.1 Å². The maximum absolute atomic E-state index is 14.0. The van der Waals surface area contributed by atoms with Crippen molar-refractivity contribution in [2.45, 2.75) is 6.92 Å². The van der Waals surface area contributed by atoms with Gasteiger partial charge in [0.05, 0.1) is 7.11 Å². The van der Waals surface area contributed by atoms with Crippen molar-refractivity contribution >= 4 is 18.2 Å². The molecule has 0 amide bonds. The SMILES string of the molecule is COc1c(F)cc(F)c(Bc2cc(F)cc(F)c2C)c1F. The summed E-state index contributed by atoms with van der Waals surface area (Å²) in [5.74, 6) is -5.96. The summed E-state index contributed by atoms with van der Waals surface area (Å²) >= 11 is 0. The lowest BCUT2D eigenvalue weighted by Gasteiger charge is -2.11. The zero-order valence-electron chi connectivity index (χ0n) is 11.2. The molecule has 0 aliphatic heterocycles. The molecule has 0 aromatic heterocycles. The van der Waals surface area contributed by atoms with Crippen LogP contribution in [0.15, 0.2) is 18.2 Å². The van der Waals surface area contributed by atoms with Gasteiger partial charge in [-0.05, 0) is 24.0 Å². The summed E-state index contributed by atoms with van der Waals surface area (Å²) in [6.45, 7) is 1.36. The first-order chi connectivity index (χ1) is 9.85. The second-order valence-corrected chi connectivity index (χ2v) is 4.51. The van der Waals surface area contributed by atoms with Crippen LogP contribution in [0.5, 0.6) is 5.75 Å². The average Bonchev–Trinajstić information content (AvgIpc) is 2.40. The molecule has 0 bridgehead atoms. The molecule has 2 aromatic carbocycles. The average molecular weight is 300 g/mol. The number of rotatable bonds is 3. The number of halogens is 5. The molecule has 0 spiro atoms. The molecule has 0 atom stereocenters. The predicted molar refractivity (Wildman–Crippen MR) is 70.4 cm³/mol. The van der Waals surface area contributed by atoms with Crippen molar-refractivity contribution in [1.29, 1.82) is 0 Å². The lowest BCUT2D eigenvalue weighted by Crippen LogP contribution is -2.35. The van der Waals surface area contributed by atoms with Gasteiger partial charge in [-0.1, -0.05) is 5.46 Å². The number of methoxy groups -OCH3 is 1. The van der Waals surface area contributed by atoms with E-state index in [2.05, 4.69) is 4.74 Å². The summed E-state index contributed by atoms with van der Waals surface area (Å²) < 4.78 is 72.2. The summed E-state index contributed by atoms with van der Waals surface area (Å²) in [4.78, 5) is 0. The van der Waals surface area contributed by atoms with Crippen molar-refractivity contribution in [3.8, 4) is 5.75 Å². The Bertz CT molecular complexity index is 702. The molecule has 0 radical (unpaired) electrons. The van der Waals surface area contributed by atoms with Crippen molar-refractivity contribution in [3.05, 3.63) is 52.8 Å². The molecule has 2 rings (SSSR count). The van der Waals surface area contributed by atoms with Gasteiger partial charge in [0, 0.05) is 12.1 Å². The smallest absolute Gasteiger partial charge is 0.200 e. The van der Waals surface area contributed by atoms with Crippen molar-refractivity contribution in [2.24, 2.45) is 0 Å². The fraction of sp³-hybridized carbons (Fsp3) is 0.143. The third-order valence-corrected chi connectivity index (χ3v) is 3.21. The van der Waals surface area contributed by atoms with Crippen LogP contribution in [0.1, 0.15) is 5.56 Å². The van der Waals surface area contributed by atoms with Gasteiger partial charge in [0.1, 0.15) is 17.5 Å². The van der Waals surface area contributed by atoms with Crippen molar-refractivity contribution in [1.82, 2.24) is 0 Å². The summed E-state index contributed by atoms with van der Waals surface area (Å²) in [5.41, 5.74) is -0.376. The van der Waals surface area contributed by atoms with Crippen LogP contribution in [0.3, 0.4) is 0 Å². The molecular weight excluding hydrogens is 290 g/mol. The molecule has 0 N–H and O–H groups in total. The Labute approximate surface area is 118 Å². The van der Waals surface area contributed by atoms with Crippen LogP contribution < -0.4 is 15.7 Å². The molecule has 0 aliphatic carbocycles. The third-order valence-electron chi connectivity index (χ3n) is 3.21. The third kappa shape index (κ3) is 2.86. The fourth-order valence-corrected chi connectivity index (χ4v) is 2.03. The number of ether oxygens (including phenoxy) is 1. The minimum Gasteiger partial charge on any atom is -0.491 e. The lowest BCUT2D eigenvalue weighted by atomic mass is 9.62. The molecule has 0 saturated heterocycles. The van der Waals surface area contributed by atoms with Gasteiger partial charge in [-0.2, -0.15) is 0 Å². The Morgan fingerprint density at radius 2 is 1.57 bits per heavy atom.